The molecule has 0 N–H and O–H groups in total. The van der Waals surface area contributed by atoms with E-state index < -0.39 is 0 Å². The third-order valence-corrected chi connectivity index (χ3v) is 7.62. The first-order valence-electron chi connectivity index (χ1n) is 14.8. The number of likely N-dealkylation sites (N-methyl/N-ethyl adjacent to an activating group) is 3. The number of para-hydroxylation sites is 1. The highest BCUT2D eigenvalue weighted by atomic mass is 16.7. The second-order valence-electron chi connectivity index (χ2n) is 11.4. The van der Waals surface area contributed by atoms with Crippen LogP contribution < -0.4 is 9.47 Å². The van der Waals surface area contributed by atoms with E-state index in [1.165, 1.54) is 0 Å². The van der Waals surface area contributed by atoms with Crippen molar-refractivity contribution in [3.63, 3.8) is 0 Å². The van der Waals surface area contributed by atoms with Crippen molar-refractivity contribution < 1.29 is 23.7 Å². The molecule has 0 aliphatic rings. The normalized spacial score (nSPS) is 11.6. The molecule has 0 aliphatic heterocycles. The average molecular weight is 603 g/mol. The van der Waals surface area contributed by atoms with Gasteiger partial charge in [-0.25, -0.2) is 0 Å². The molecule has 0 saturated carbocycles. The number of rotatable bonds is 16. The fourth-order valence-electron chi connectivity index (χ4n) is 5.31. The highest BCUT2D eigenvalue weighted by molar-refractivity contribution is 6.02. The Balaban J connectivity index is 1.96. The SMILES string of the molecule is COCOc1ccc(C(c2ccc(OCOC)cc2)c2c(C(=O)N(C)CCN(C)C)n(CCN(C)C)c3ccccc23)cc1. The van der Waals surface area contributed by atoms with Gasteiger partial charge in [0, 0.05) is 69.8 Å². The molecule has 4 rings (SSSR count). The van der Waals surface area contributed by atoms with Crippen LogP contribution in [-0.4, -0.2) is 108 Å². The molecule has 1 heterocycles. The van der Waals surface area contributed by atoms with Crippen LogP contribution in [0.3, 0.4) is 0 Å². The number of hydrogen-bond acceptors (Lipinski definition) is 7. The zero-order valence-corrected chi connectivity index (χ0v) is 27.1. The van der Waals surface area contributed by atoms with E-state index in [0.29, 0.717) is 30.3 Å². The molecule has 0 saturated heterocycles. The van der Waals surface area contributed by atoms with Crippen molar-refractivity contribution in [2.75, 3.05) is 82.7 Å². The summed E-state index contributed by atoms with van der Waals surface area (Å²) in [4.78, 5) is 20.6. The molecule has 3 aromatic carbocycles. The van der Waals surface area contributed by atoms with E-state index in [2.05, 4.69) is 64.9 Å². The van der Waals surface area contributed by atoms with Gasteiger partial charge in [-0.1, -0.05) is 42.5 Å². The molecule has 0 aliphatic carbocycles. The number of amides is 1. The molecule has 1 amide bonds. The third kappa shape index (κ3) is 7.98. The molecular formula is C35H46N4O5. The van der Waals surface area contributed by atoms with Crippen LogP contribution in [0.2, 0.25) is 0 Å². The van der Waals surface area contributed by atoms with Gasteiger partial charge in [-0.15, -0.1) is 0 Å². The van der Waals surface area contributed by atoms with Crippen LogP contribution in [0.15, 0.2) is 72.8 Å². The van der Waals surface area contributed by atoms with Gasteiger partial charge in [0.25, 0.3) is 5.91 Å². The molecule has 0 fully saturated rings. The summed E-state index contributed by atoms with van der Waals surface area (Å²) in [5.74, 6) is 1.19. The van der Waals surface area contributed by atoms with Gasteiger partial charge in [-0.05, 0) is 69.6 Å². The summed E-state index contributed by atoms with van der Waals surface area (Å²) in [6.07, 6.45) is 0. The Labute approximate surface area is 261 Å². The van der Waals surface area contributed by atoms with Crippen molar-refractivity contribution in [3.05, 3.63) is 95.2 Å². The quantitative estimate of drug-likeness (QED) is 0.168. The summed E-state index contributed by atoms with van der Waals surface area (Å²) in [6.45, 7) is 3.19. The number of hydrogen-bond donors (Lipinski definition) is 0. The van der Waals surface area contributed by atoms with E-state index in [1.807, 2.05) is 62.4 Å². The lowest BCUT2D eigenvalue weighted by Gasteiger charge is -2.25. The van der Waals surface area contributed by atoms with E-state index >= 15 is 0 Å². The number of benzene rings is 3. The average Bonchev–Trinajstić information content (AvgIpc) is 3.35. The van der Waals surface area contributed by atoms with Gasteiger partial charge in [0.2, 0.25) is 0 Å². The minimum atomic E-state index is -0.241. The van der Waals surface area contributed by atoms with Crippen molar-refractivity contribution in [1.29, 1.82) is 0 Å². The molecule has 0 atom stereocenters. The molecule has 0 spiro atoms. The Morgan fingerprint density at radius 2 is 1.23 bits per heavy atom. The van der Waals surface area contributed by atoms with E-state index in [4.69, 9.17) is 18.9 Å². The molecule has 4 aromatic rings. The van der Waals surface area contributed by atoms with Crippen molar-refractivity contribution in [2.24, 2.45) is 0 Å². The maximum atomic E-state index is 14.5. The molecule has 44 heavy (non-hydrogen) atoms. The standard InChI is InChI=1S/C35H46N4O5/c1-36(2)20-22-38(5)35(40)34-33(30-10-8-9-11-31(30)39(34)23-21-37(3)4)32(26-12-16-28(17-13-26)43-24-41-6)27-14-18-29(19-15-27)44-25-42-7/h8-19,32H,20-25H2,1-7H3. The maximum Gasteiger partial charge on any atom is 0.270 e. The zero-order valence-electron chi connectivity index (χ0n) is 27.1. The van der Waals surface area contributed by atoms with Crippen LogP contribution in [0.4, 0.5) is 0 Å². The van der Waals surface area contributed by atoms with Gasteiger partial charge in [0.1, 0.15) is 17.2 Å². The molecule has 0 bridgehead atoms. The van der Waals surface area contributed by atoms with Gasteiger partial charge in [0.05, 0.1) is 0 Å². The van der Waals surface area contributed by atoms with Crippen LogP contribution in [0.1, 0.15) is 33.1 Å². The lowest BCUT2D eigenvalue weighted by atomic mass is 9.83. The summed E-state index contributed by atoms with van der Waals surface area (Å²) in [5, 5.41) is 1.06. The topological polar surface area (TPSA) is 68.6 Å². The van der Waals surface area contributed by atoms with Crippen molar-refractivity contribution in [2.45, 2.75) is 12.5 Å². The van der Waals surface area contributed by atoms with E-state index in [9.17, 15) is 4.79 Å². The number of aromatic nitrogens is 1. The summed E-state index contributed by atoms with van der Waals surface area (Å²) >= 11 is 0. The van der Waals surface area contributed by atoms with Crippen molar-refractivity contribution in [3.8, 4) is 11.5 Å². The number of methoxy groups -OCH3 is 2. The number of carbonyl (C=O) groups excluding carboxylic acids is 1. The minimum Gasteiger partial charge on any atom is -0.468 e. The summed E-state index contributed by atoms with van der Waals surface area (Å²) in [7, 11) is 13.3. The smallest absolute Gasteiger partial charge is 0.270 e. The third-order valence-electron chi connectivity index (χ3n) is 7.62. The van der Waals surface area contributed by atoms with E-state index in [1.54, 1.807) is 14.2 Å². The highest BCUT2D eigenvalue weighted by Gasteiger charge is 2.31. The first-order valence-corrected chi connectivity index (χ1v) is 14.8. The first-order chi connectivity index (χ1) is 21.2. The van der Waals surface area contributed by atoms with Gasteiger partial charge < -0.3 is 38.2 Å². The minimum absolute atomic E-state index is 0.00176. The van der Waals surface area contributed by atoms with Crippen LogP contribution in [-0.2, 0) is 16.0 Å². The van der Waals surface area contributed by atoms with Crippen LogP contribution in [0.5, 0.6) is 11.5 Å². The molecule has 0 unspecified atom stereocenters. The van der Waals surface area contributed by atoms with Gasteiger partial charge in [-0.2, -0.15) is 0 Å². The van der Waals surface area contributed by atoms with Crippen molar-refractivity contribution >= 4 is 16.8 Å². The number of nitrogens with zero attached hydrogens (tertiary/aromatic N) is 4. The largest absolute Gasteiger partial charge is 0.468 e. The van der Waals surface area contributed by atoms with E-state index in [-0.39, 0.29) is 25.4 Å². The molecule has 9 nitrogen and oxygen atoms in total. The Morgan fingerprint density at radius 1 is 0.705 bits per heavy atom. The van der Waals surface area contributed by atoms with Gasteiger partial charge in [0.15, 0.2) is 13.6 Å². The summed E-state index contributed by atoms with van der Waals surface area (Å²) in [6, 6.07) is 24.4. The fourth-order valence-corrected chi connectivity index (χ4v) is 5.31. The first kappa shape index (κ1) is 33.0. The molecular weight excluding hydrogens is 556 g/mol. The zero-order chi connectivity index (χ0) is 31.6. The van der Waals surface area contributed by atoms with Gasteiger partial charge in [-0.3, -0.25) is 4.79 Å². The van der Waals surface area contributed by atoms with E-state index in [0.717, 1.165) is 40.7 Å². The second-order valence-corrected chi connectivity index (χ2v) is 11.4. The highest BCUT2D eigenvalue weighted by Crippen LogP contribution is 2.41. The Hall–Kier alpha value is -3.89. The monoisotopic (exact) mass is 602 g/mol. The molecule has 1 aromatic heterocycles. The van der Waals surface area contributed by atoms with Crippen LogP contribution >= 0.6 is 0 Å². The summed E-state index contributed by atoms with van der Waals surface area (Å²) in [5.41, 5.74) is 4.82. The predicted molar refractivity (Wildman–Crippen MR) is 175 cm³/mol. The lowest BCUT2D eigenvalue weighted by Crippen LogP contribution is -2.35. The Bertz CT molecular complexity index is 1430. The Kier molecular flexibility index (Phi) is 11.8. The van der Waals surface area contributed by atoms with Crippen LogP contribution in [0.25, 0.3) is 10.9 Å². The Morgan fingerprint density at radius 3 is 1.73 bits per heavy atom. The van der Waals surface area contributed by atoms with Crippen molar-refractivity contribution in [1.82, 2.24) is 19.3 Å². The summed E-state index contributed by atoms with van der Waals surface area (Å²) < 4.78 is 23.8. The number of ether oxygens (including phenoxy) is 4. The molecule has 236 valence electrons. The maximum absolute atomic E-state index is 14.5. The number of fused-ring (bicyclic) bond motifs is 1. The molecule has 0 radical (unpaired) electrons. The predicted octanol–water partition coefficient (Wildman–Crippen LogP) is 4.98. The molecule has 9 heteroatoms. The lowest BCUT2D eigenvalue weighted by molar-refractivity contribution is 0.0509. The second kappa shape index (κ2) is 15.7. The van der Waals surface area contributed by atoms with Crippen LogP contribution in [0, 0.1) is 0 Å². The fraction of sp³-hybridized carbons (Fsp3) is 0.400. The number of carbonyl (C=O) groups is 1. The van der Waals surface area contributed by atoms with Gasteiger partial charge >= 0.3 is 0 Å².